The number of piperidine rings is 2. The summed E-state index contributed by atoms with van der Waals surface area (Å²) in [7, 11) is 2.17. The summed E-state index contributed by atoms with van der Waals surface area (Å²) in [6, 6.07) is 0. The smallest absolute Gasteiger partial charge is 0.410 e. The topological polar surface area (TPSA) is 53.1 Å². The molecule has 1 atom stereocenters. The first-order valence-corrected chi connectivity index (χ1v) is 10.8. The maximum absolute atomic E-state index is 12.6. The quantitative estimate of drug-likeness (QED) is 0.712. The van der Waals surface area contributed by atoms with Crippen LogP contribution in [-0.2, 0) is 9.53 Å². The molecule has 6 nitrogen and oxygen atoms in total. The lowest BCUT2D eigenvalue weighted by atomic mass is 9.90. The average Bonchev–Trinajstić information content (AvgIpc) is 2.93. The Bertz CT molecular complexity index is 529. The third-order valence-electron chi connectivity index (χ3n) is 6.53. The Labute approximate surface area is 164 Å². The highest BCUT2D eigenvalue weighted by molar-refractivity contribution is 5.76. The minimum Gasteiger partial charge on any atom is -0.441 e. The van der Waals surface area contributed by atoms with Crippen molar-refractivity contribution in [2.45, 2.75) is 64.4 Å². The van der Waals surface area contributed by atoms with Gasteiger partial charge >= 0.3 is 6.09 Å². The fraction of sp³-hybridized carbons (Fsp3) is 0.905. The SMILES string of the molecule is CC(C)CCN1CC2(CCN(C(=O)CC[C@@H]3CCCN(C)C3)CC2)OC1=O. The van der Waals surface area contributed by atoms with Crippen LogP contribution in [0, 0.1) is 11.8 Å². The van der Waals surface area contributed by atoms with Gasteiger partial charge in [-0.1, -0.05) is 13.8 Å². The number of hydrogen-bond acceptors (Lipinski definition) is 4. The van der Waals surface area contributed by atoms with E-state index in [0.29, 0.717) is 37.9 Å². The van der Waals surface area contributed by atoms with E-state index in [1.54, 1.807) is 0 Å². The molecule has 3 aliphatic rings. The maximum atomic E-state index is 12.6. The second-order valence-electron chi connectivity index (χ2n) is 9.35. The van der Waals surface area contributed by atoms with Gasteiger partial charge in [-0.25, -0.2) is 4.79 Å². The van der Waals surface area contributed by atoms with Gasteiger partial charge in [0.25, 0.3) is 0 Å². The Kier molecular flexibility index (Phi) is 6.66. The van der Waals surface area contributed by atoms with Crippen LogP contribution >= 0.6 is 0 Å². The third kappa shape index (κ3) is 5.37. The van der Waals surface area contributed by atoms with E-state index in [1.807, 2.05) is 9.80 Å². The molecule has 0 N–H and O–H groups in total. The van der Waals surface area contributed by atoms with Crippen LogP contribution in [-0.4, -0.2) is 78.6 Å². The maximum Gasteiger partial charge on any atom is 0.410 e. The van der Waals surface area contributed by atoms with Gasteiger partial charge in [0, 0.05) is 45.4 Å². The molecule has 3 fully saturated rings. The molecule has 3 heterocycles. The van der Waals surface area contributed by atoms with Crippen LogP contribution < -0.4 is 0 Å². The molecule has 0 saturated carbocycles. The van der Waals surface area contributed by atoms with E-state index >= 15 is 0 Å². The Hall–Kier alpha value is -1.30. The minimum absolute atomic E-state index is 0.170. The van der Waals surface area contributed by atoms with Crippen LogP contribution in [0.1, 0.15) is 58.8 Å². The van der Waals surface area contributed by atoms with Crippen LogP contribution in [0.15, 0.2) is 0 Å². The molecule has 0 bridgehead atoms. The molecule has 154 valence electrons. The summed E-state index contributed by atoms with van der Waals surface area (Å²) in [5, 5.41) is 0. The highest BCUT2D eigenvalue weighted by Crippen LogP contribution is 2.34. The molecule has 0 aliphatic carbocycles. The van der Waals surface area contributed by atoms with Crippen molar-refractivity contribution in [1.82, 2.24) is 14.7 Å². The van der Waals surface area contributed by atoms with Crippen molar-refractivity contribution in [3.8, 4) is 0 Å². The number of nitrogens with zero attached hydrogens (tertiary/aromatic N) is 3. The second kappa shape index (κ2) is 8.80. The molecule has 0 aromatic heterocycles. The lowest BCUT2D eigenvalue weighted by molar-refractivity contribution is -0.135. The summed E-state index contributed by atoms with van der Waals surface area (Å²) >= 11 is 0. The molecule has 2 amide bonds. The highest BCUT2D eigenvalue weighted by Gasteiger charge is 2.47. The summed E-state index contributed by atoms with van der Waals surface area (Å²) < 4.78 is 5.77. The van der Waals surface area contributed by atoms with Crippen LogP contribution in [0.25, 0.3) is 0 Å². The monoisotopic (exact) mass is 379 g/mol. The largest absolute Gasteiger partial charge is 0.441 e. The molecule has 3 aliphatic heterocycles. The van der Waals surface area contributed by atoms with Crippen molar-refractivity contribution in [2.24, 2.45) is 11.8 Å². The van der Waals surface area contributed by atoms with Crippen LogP contribution in [0.5, 0.6) is 0 Å². The van der Waals surface area contributed by atoms with E-state index in [0.717, 1.165) is 38.8 Å². The summed E-state index contributed by atoms with van der Waals surface area (Å²) in [4.78, 5) is 31.0. The molecule has 0 aromatic carbocycles. The third-order valence-corrected chi connectivity index (χ3v) is 6.53. The van der Waals surface area contributed by atoms with E-state index < -0.39 is 0 Å². The molecule has 0 radical (unpaired) electrons. The lowest BCUT2D eigenvalue weighted by Gasteiger charge is -2.38. The molecule has 27 heavy (non-hydrogen) atoms. The van der Waals surface area contributed by atoms with E-state index in [9.17, 15) is 9.59 Å². The first-order valence-electron chi connectivity index (χ1n) is 10.8. The number of hydrogen-bond donors (Lipinski definition) is 0. The first-order chi connectivity index (χ1) is 12.9. The van der Waals surface area contributed by atoms with Crippen molar-refractivity contribution < 1.29 is 14.3 Å². The Morgan fingerprint density at radius 2 is 2.00 bits per heavy atom. The molecule has 3 rings (SSSR count). The Morgan fingerprint density at radius 1 is 1.26 bits per heavy atom. The predicted molar refractivity (Wildman–Crippen MR) is 106 cm³/mol. The zero-order valence-corrected chi connectivity index (χ0v) is 17.4. The first kappa shape index (κ1) is 20.4. The van der Waals surface area contributed by atoms with Gasteiger partial charge in [-0.05, 0) is 51.1 Å². The summed E-state index contributed by atoms with van der Waals surface area (Å²) in [6.45, 7) is 9.55. The zero-order chi connectivity index (χ0) is 19.4. The average molecular weight is 380 g/mol. The van der Waals surface area contributed by atoms with Crippen molar-refractivity contribution in [3.05, 3.63) is 0 Å². The van der Waals surface area contributed by atoms with Crippen molar-refractivity contribution in [3.63, 3.8) is 0 Å². The summed E-state index contributed by atoms with van der Waals surface area (Å²) in [5.41, 5.74) is -0.364. The molecule has 3 saturated heterocycles. The zero-order valence-electron chi connectivity index (χ0n) is 17.4. The Balaban J connectivity index is 1.42. The number of carbonyl (C=O) groups excluding carboxylic acids is 2. The van der Waals surface area contributed by atoms with Gasteiger partial charge in [0.05, 0.1) is 6.54 Å². The van der Waals surface area contributed by atoms with E-state index in [4.69, 9.17) is 4.74 Å². The van der Waals surface area contributed by atoms with Crippen LogP contribution in [0.3, 0.4) is 0 Å². The molecular weight excluding hydrogens is 342 g/mol. The van der Waals surface area contributed by atoms with Gasteiger partial charge < -0.3 is 19.4 Å². The fourth-order valence-corrected chi connectivity index (χ4v) is 4.70. The minimum atomic E-state index is -0.364. The van der Waals surface area contributed by atoms with Crippen molar-refractivity contribution in [1.29, 1.82) is 0 Å². The van der Waals surface area contributed by atoms with E-state index in [1.165, 1.54) is 19.4 Å². The standard InChI is InChI=1S/C21H37N3O3/c1-17(2)8-12-24-16-21(27-20(24)26)9-13-23(14-10-21)19(25)7-6-18-5-4-11-22(3)15-18/h17-18H,4-16H2,1-3H3/t18-/m0/s1. The predicted octanol–water partition coefficient (Wildman–Crippen LogP) is 2.97. The lowest BCUT2D eigenvalue weighted by Crippen LogP contribution is -2.48. The van der Waals surface area contributed by atoms with Gasteiger partial charge in [0.15, 0.2) is 0 Å². The molecule has 6 heteroatoms. The van der Waals surface area contributed by atoms with Gasteiger partial charge in [-0.2, -0.15) is 0 Å². The normalized spacial score (nSPS) is 26.1. The van der Waals surface area contributed by atoms with Gasteiger partial charge in [-0.3, -0.25) is 4.79 Å². The molecule has 0 aromatic rings. The number of ether oxygens (including phenoxy) is 1. The summed E-state index contributed by atoms with van der Waals surface area (Å²) in [6.07, 6.45) is 6.55. The molecular formula is C21H37N3O3. The van der Waals surface area contributed by atoms with E-state index in [-0.39, 0.29) is 17.6 Å². The van der Waals surface area contributed by atoms with Crippen LogP contribution in [0.2, 0.25) is 0 Å². The molecule has 1 spiro atoms. The fourth-order valence-electron chi connectivity index (χ4n) is 4.70. The van der Waals surface area contributed by atoms with Crippen molar-refractivity contribution >= 4 is 12.0 Å². The van der Waals surface area contributed by atoms with Gasteiger partial charge in [-0.15, -0.1) is 0 Å². The summed E-state index contributed by atoms with van der Waals surface area (Å²) in [5.74, 6) is 1.52. The van der Waals surface area contributed by atoms with Gasteiger partial charge in [0.2, 0.25) is 5.91 Å². The van der Waals surface area contributed by atoms with Crippen LogP contribution in [0.4, 0.5) is 4.79 Å². The molecule has 0 unspecified atom stereocenters. The second-order valence-corrected chi connectivity index (χ2v) is 9.35. The van der Waals surface area contributed by atoms with Crippen molar-refractivity contribution in [2.75, 3.05) is 46.3 Å². The number of rotatable bonds is 6. The highest BCUT2D eigenvalue weighted by atomic mass is 16.6. The van der Waals surface area contributed by atoms with E-state index in [2.05, 4.69) is 25.8 Å². The number of carbonyl (C=O) groups is 2. The number of likely N-dealkylation sites (tertiary alicyclic amines) is 2. The number of amides is 2. The van der Waals surface area contributed by atoms with Gasteiger partial charge in [0.1, 0.15) is 5.60 Å². The Morgan fingerprint density at radius 3 is 2.67 bits per heavy atom.